The molecule has 0 spiro atoms. The number of aliphatic hydroxyl groups is 1. The normalized spacial score (nSPS) is 20.6. The fraction of sp³-hybridized carbons (Fsp3) is 0.385. The first-order chi connectivity index (χ1) is 16.5. The van der Waals surface area contributed by atoms with Crippen LogP contribution in [-0.2, 0) is 14.3 Å². The van der Waals surface area contributed by atoms with Gasteiger partial charge in [-0.2, -0.15) is 0 Å². The Labute approximate surface area is 198 Å². The minimum absolute atomic E-state index is 0.000752. The molecule has 2 aromatic carbocycles. The first-order valence-electron chi connectivity index (χ1n) is 11.6. The number of ether oxygens (including phenoxy) is 2. The van der Waals surface area contributed by atoms with Gasteiger partial charge in [-0.1, -0.05) is 19.1 Å². The lowest BCUT2D eigenvalue weighted by Crippen LogP contribution is -2.42. The molecule has 2 fully saturated rings. The molecule has 0 aliphatic carbocycles. The molecular formula is C26H29FN2O5. The van der Waals surface area contributed by atoms with E-state index in [0.717, 1.165) is 19.5 Å². The minimum atomic E-state index is -0.808. The van der Waals surface area contributed by atoms with Gasteiger partial charge in [0.1, 0.15) is 17.3 Å². The number of carbonyl (C=O) groups is 2. The van der Waals surface area contributed by atoms with E-state index < -0.39 is 23.5 Å². The number of likely N-dealkylation sites (tertiary alicyclic amines) is 1. The van der Waals surface area contributed by atoms with Gasteiger partial charge >= 0.3 is 0 Å². The second-order valence-corrected chi connectivity index (χ2v) is 8.37. The number of nitrogens with zero attached hydrogens (tertiary/aromatic N) is 2. The Kier molecular flexibility index (Phi) is 7.59. The van der Waals surface area contributed by atoms with Crippen molar-refractivity contribution in [1.29, 1.82) is 0 Å². The monoisotopic (exact) mass is 468 g/mol. The van der Waals surface area contributed by atoms with Crippen molar-refractivity contribution in [2.75, 3.05) is 46.0 Å². The first-order valence-corrected chi connectivity index (χ1v) is 11.6. The Morgan fingerprint density at radius 3 is 2.38 bits per heavy atom. The molecule has 1 atom stereocenters. The largest absolute Gasteiger partial charge is 0.507 e. The summed E-state index contributed by atoms with van der Waals surface area (Å²) >= 11 is 0. The molecule has 0 saturated carbocycles. The Morgan fingerprint density at radius 2 is 1.74 bits per heavy atom. The smallest absolute Gasteiger partial charge is 0.295 e. The standard InChI is InChI=1S/C26H29FN2O5/c1-2-15-34-21-9-5-19(6-10-21)24(30)22-23(18-3-7-20(27)8-4-18)29(26(32)25(22)31)12-11-28-13-16-33-17-14-28/h3-10,23,30H,2,11-17H2,1H3/t23-/m0/s1. The van der Waals surface area contributed by atoms with Crippen LogP contribution in [0.5, 0.6) is 5.75 Å². The molecule has 7 nitrogen and oxygen atoms in total. The average molecular weight is 469 g/mol. The minimum Gasteiger partial charge on any atom is -0.507 e. The third-order valence-corrected chi connectivity index (χ3v) is 6.09. The van der Waals surface area contributed by atoms with Crippen LogP contribution in [0.25, 0.3) is 5.76 Å². The summed E-state index contributed by atoms with van der Waals surface area (Å²) in [6.45, 7) is 6.19. The summed E-state index contributed by atoms with van der Waals surface area (Å²) in [6, 6.07) is 11.6. The predicted molar refractivity (Wildman–Crippen MR) is 125 cm³/mol. The van der Waals surface area contributed by atoms with Crippen LogP contribution in [0.15, 0.2) is 54.1 Å². The summed E-state index contributed by atoms with van der Waals surface area (Å²) in [5, 5.41) is 11.1. The topological polar surface area (TPSA) is 79.3 Å². The number of aliphatic hydroxyl groups excluding tert-OH is 1. The van der Waals surface area contributed by atoms with Gasteiger partial charge in [-0.15, -0.1) is 0 Å². The van der Waals surface area contributed by atoms with E-state index in [-0.39, 0.29) is 11.3 Å². The average Bonchev–Trinajstić information content (AvgIpc) is 3.12. The number of hydrogen-bond donors (Lipinski definition) is 1. The fourth-order valence-corrected chi connectivity index (χ4v) is 4.26. The SMILES string of the molecule is CCCOc1ccc(C(O)=C2C(=O)C(=O)N(CCN3CCOCC3)[C@H]2c2ccc(F)cc2)cc1. The van der Waals surface area contributed by atoms with E-state index in [1.54, 1.807) is 36.4 Å². The first kappa shape index (κ1) is 23.9. The molecular weight excluding hydrogens is 439 g/mol. The maximum absolute atomic E-state index is 13.6. The van der Waals surface area contributed by atoms with Crippen LogP contribution >= 0.6 is 0 Å². The highest BCUT2D eigenvalue weighted by molar-refractivity contribution is 6.46. The van der Waals surface area contributed by atoms with E-state index in [1.165, 1.54) is 17.0 Å². The fourth-order valence-electron chi connectivity index (χ4n) is 4.26. The number of benzene rings is 2. The number of hydrogen-bond acceptors (Lipinski definition) is 6. The van der Waals surface area contributed by atoms with Gasteiger partial charge in [0.15, 0.2) is 0 Å². The summed E-state index contributed by atoms with van der Waals surface area (Å²) in [5.74, 6) is -1.45. The maximum Gasteiger partial charge on any atom is 0.295 e. The summed E-state index contributed by atoms with van der Waals surface area (Å²) in [7, 11) is 0. The van der Waals surface area contributed by atoms with Gasteiger partial charge in [-0.05, 0) is 48.4 Å². The van der Waals surface area contributed by atoms with Gasteiger partial charge < -0.3 is 19.5 Å². The predicted octanol–water partition coefficient (Wildman–Crippen LogP) is 3.37. The molecule has 2 heterocycles. The third-order valence-electron chi connectivity index (χ3n) is 6.09. The van der Waals surface area contributed by atoms with E-state index in [1.807, 2.05) is 6.92 Å². The maximum atomic E-state index is 13.6. The zero-order chi connectivity index (χ0) is 24.1. The van der Waals surface area contributed by atoms with Crippen LogP contribution in [0.1, 0.15) is 30.5 Å². The van der Waals surface area contributed by atoms with E-state index in [9.17, 15) is 19.1 Å². The number of rotatable bonds is 8. The van der Waals surface area contributed by atoms with Crippen molar-refractivity contribution in [2.24, 2.45) is 0 Å². The quantitative estimate of drug-likeness (QED) is 0.364. The number of Topliss-reactive ketones (excluding diaryl/α,β-unsaturated/α-hetero) is 1. The molecule has 0 radical (unpaired) electrons. The lowest BCUT2D eigenvalue weighted by molar-refractivity contribution is -0.140. The molecule has 2 saturated heterocycles. The van der Waals surface area contributed by atoms with E-state index in [0.29, 0.717) is 49.8 Å². The Morgan fingerprint density at radius 1 is 1.06 bits per heavy atom. The number of halogens is 1. The summed E-state index contributed by atoms with van der Waals surface area (Å²) in [4.78, 5) is 29.8. The molecule has 4 rings (SSSR count). The van der Waals surface area contributed by atoms with Gasteiger partial charge in [0.05, 0.1) is 31.4 Å². The summed E-state index contributed by atoms with van der Waals surface area (Å²) < 4.78 is 24.6. The van der Waals surface area contributed by atoms with Crippen molar-refractivity contribution in [1.82, 2.24) is 9.80 Å². The van der Waals surface area contributed by atoms with Crippen molar-refractivity contribution in [3.63, 3.8) is 0 Å². The third kappa shape index (κ3) is 5.13. The molecule has 0 bridgehead atoms. The second-order valence-electron chi connectivity index (χ2n) is 8.37. The van der Waals surface area contributed by atoms with E-state index >= 15 is 0 Å². The zero-order valence-electron chi connectivity index (χ0n) is 19.2. The summed E-state index contributed by atoms with van der Waals surface area (Å²) in [5.41, 5.74) is 0.968. The molecule has 2 aliphatic rings. The number of carbonyl (C=O) groups excluding carboxylic acids is 2. The molecule has 2 aromatic rings. The zero-order valence-corrected chi connectivity index (χ0v) is 19.2. The van der Waals surface area contributed by atoms with Gasteiger partial charge in [-0.3, -0.25) is 14.5 Å². The van der Waals surface area contributed by atoms with Crippen molar-refractivity contribution >= 4 is 17.4 Å². The van der Waals surface area contributed by atoms with Crippen molar-refractivity contribution < 1.29 is 28.6 Å². The molecule has 1 amide bonds. The van der Waals surface area contributed by atoms with Crippen LogP contribution in [0, 0.1) is 5.82 Å². The summed E-state index contributed by atoms with van der Waals surface area (Å²) in [6.07, 6.45) is 0.868. The lowest BCUT2D eigenvalue weighted by Gasteiger charge is -2.31. The molecule has 34 heavy (non-hydrogen) atoms. The van der Waals surface area contributed by atoms with Gasteiger partial charge in [0.2, 0.25) is 0 Å². The van der Waals surface area contributed by atoms with E-state index in [2.05, 4.69) is 4.90 Å². The molecule has 2 aliphatic heterocycles. The highest BCUT2D eigenvalue weighted by Gasteiger charge is 2.46. The van der Waals surface area contributed by atoms with Crippen LogP contribution in [0.3, 0.4) is 0 Å². The van der Waals surface area contributed by atoms with Crippen LogP contribution in [0.2, 0.25) is 0 Å². The Bertz CT molecular complexity index is 1050. The van der Waals surface area contributed by atoms with Crippen molar-refractivity contribution in [2.45, 2.75) is 19.4 Å². The van der Waals surface area contributed by atoms with E-state index in [4.69, 9.17) is 9.47 Å². The number of morpholine rings is 1. The highest BCUT2D eigenvalue weighted by atomic mass is 19.1. The number of amides is 1. The second kappa shape index (κ2) is 10.8. The van der Waals surface area contributed by atoms with Crippen LogP contribution < -0.4 is 4.74 Å². The molecule has 8 heteroatoms. The molecule has 180 valence electrons. The van der Waals surface area contributed by atoms with Crippen molar-refractivity contribution in [3.05, 3.63) is 71.0 Å². The van der Waals surface area contributed by atoms with Gasteiger partial charge in [0.25, 0.3) is 11.7 Å². The van der Waals surface area contributed by atoms with Gasteiger partial charge in [0, 0.05) is 31.7 Å². The Balaban J connectivity index is 1.67. The number of ketones is 1. The highest BCUT2D eigenvalue weighted by Crippen LogP contribution is 2.39. The molecule has 0 aromatic heterocycles. The van der Waals surface area contributed by atoms with Crippen LogP contribution in [-0.4, -0.2) is 72.6 Å². The van der Waals surface area contributed by atoms with Crippen molar-refractivity contribution in [3.8, 4) is 5.75 Å². The molecule has 1 N–H and O–H groups in total. The molecule has 0 unspecified atom stereocenters. The lowest BCUT2D eigenvalue weighted by atomic mass is 9.95. The Hall–Kier alpha value is -3.23. The van der Waals surface area contributed by atoms with Crippen LogP contribution in [0.4, 0.5) is 4.39 Å². The van der Waals surface area contributed by atoms with Gasteiger partial charge in [-0.25, -0.2) is 4.39 Å².